The fourth-order valence-electron chi connectivity index (χ4n) is 1.03. The Morgan fingerprint density at radius 3 is 2.69 bits per heavy atom. The predicted molar refractivity (Wildman–Crippen MR) is 52.7 cm³/mol. The van der Waals surface area contributed by atoms with Gasteiger partial charge in [-0.05, 0) is 25.1 Å². The Hall–Kier alpha value is -0.450. The summed E-state index contributed by atoms with van der Waals surface area (Å²) in [5.41, 5.74) is 5.92. The van der Waals surface area contributed by atoms with Gasteiger partial charge >= 0.3 is 0 Å². The standard InChI is InChI=1S/C9H11BrFNO/c1-5(13)9(12)7-4-6(10)2-3-8(7)11/h2-5,9,13H,12H2,1H3/t5-,9-/m1/s1. The van der Waals surface area contributed by atoms with E-state index in [1.165, 1.54) is 13.0 Å². The zero-order chi connectivity index (χ0) is 10.0. The summed E-state index contributed by atoms with van der Waals surface area (Å²) in [7, 11) is 0. The number of nitrogens with two attached hydrogens (primary N) is 1. The second-order valence-corrected chi connectivity index (χ2v) is 3.85. The summed E-state index contributed by atoms with van der Waals surface area (Å²) in [5.74, 6) is -0.392. The van der Waals surface area contributed by atoms with Crippen LogP contribution in [0.1, 0.15) is 18.5 Å². The highest BCUT2D eigenvalue weighted by molar-refractivity contribution is 9.10. The molecule has 0 amide bonds. The lowest BCUT2D eigenvalue weighted by molar-refractivity contribution is 0.162. The Kier molecular flexibility index (Phi) is 3.41. The third-order valence-corrected chi connectivity index (χ3v) is 2.33. The molecule has 1 aromatic carbocycles. The van der Waals surface area contributed by atoms with Gasteiger partial charge in [-0.2, -0.15) is 0 Å². The molecule has 4 heteroatoms. The van der Waals surface area contributed by atoms with E-state index in [1.54, 1.807) is 12.1 Å². The van der Waals surface area contributed by atoms with Crippen molar-refractivity contribution in [3.05, 3.63) is 34.1 Å². The molecule has 72 valence electrons. The summed E-state index contributed by atoms with van der Waals surface area (Å²) in [6.45, 7) is 1.53. The lowest BCUT2D eigenvalue weighted by atomic mass is 10.0. The molecule has 0 aliphatic rings. The summed E-state index contributed by atoms with van der Waals surface area (Å²) in [4.78, 5) is 0. The zero-order valence-electron chi connectivity index (χ0n) is 7.17. The van der Waals surface area contributed by atoms with Crippen molar-refractivity contribution in [2.45, 2.75) is 19.1 Å². The molecule has 1 aromatic rings. The first-order chi connectivity index (χ1) is 6.02. The molecule has 3 N–H and O–H groups in total. The molecule has 0 unspecified atom stereocenters. The average Bonchev–Trinajstić information content (AvgIpc) is 2.08. The molecule has 1 rings (SSSR count). The van der Waals surface area contributed by atoms with Gasteiger partial charge in [-0.3, -0.25) is 0 Å². The molecule has 0 aliphatic heterocycles. The quantitative estimate of drug-likeness (QED) is 0.840. The van der Waals surface area contributed by atoms with Crippen molar-refractivity contribution in [2.75, 3.05) is 0 Å². The Morgan fingerprint density at radius 2 is 2.15 bits per heavy atom. The molecule has 2 nitrogen and oxygen atoms in total. The van der Waals surface area contributed by atoms with Crippen molar-refractivity contribution in [2.24, 2.45) is 5.73 Å². The summed E-state index contributed by atoms with van der Waals surface area (Å²) in [6.07, 6.45) is -0.760. The van der Waals surface area contributed by atoms with Gasteiger partial charge in [-0.15, -0.1) is 0 Å². The molecule has 0 bridgehead atoms. The van der Waals surface area contributed by atoms with Crippen molar-refractivity contribution in [1.29, 1.82) is 0 Å². The maximum Gasteiger partial charge on any atom is 0.128 e. The van der Waals surface area contributed by atoms with Crippen LogP contribution in [0.2, 0.25) is 0 Å². The number of halogens is 2. The molecule has 0 fully saturated rings. The number of aliphatic hydroxyl groups is 1. The van der Waals surface area contributed by atoms with Crippen LogP contribution in [-0.2, 0) is 0 Å². The summed E-state index contributed by atoms with van der Waals surface area (Å²) >= 11 is 3.21. The fraction of sp³-hybridized carbons (Fsp3) is 0.333. The first-order valence-electron chi connectivity index (χ1n) is 3.91. The maximum absolute atomic E-state index is 13.2. The van der Waals surface area contributed by atoms with E-state index < -0.39 is 18.0 Å². The van der Waals surface area contributed by atoms with Crippen LogP contribution in [0.4, 0.5) is 4.39 Å². The molecule has 0 aliphatic carbocycles. The van der Waals surface area contributed by atoms with Gasteiger partial charge in [-0.1, -0.05) is 15.9 Å². The summed E-state index contributed by atoms with van der Waals surface area (Å²) in [6, 6.07) is 3.81. The van der Waals surface area contributed by atoms with Crippen LogP contribution in [0.25, 0.3) is 0 Å². The molecule has 0 heterocycles. The van der Waals surface area contributed by atoms with Crippen LogP contribution in [-0.4, -0.2) is 11.2 Å². The van der Waals surface area contributed by atoms with E-state index in [4.69, 9.17) is 5.73 Å². The zero-order valence-corrected chi connectivity index (χ0v) is 8.75. The van der Waals surface area contributed by atoms with Crippen LogP contribution in [0.3, 0.4) is 0 Å². The maximum atomic E-state index is 13.2. The monoisotopic (exact) mass is 247 g/mol. The number of rotatable bonds is 2. The third kappa shape index (κ3) is 2.49. The molecule has 13 heavy (non-hydrogen) atoms. The predicted octanol–water partition coefficient (Wildman–Crippen LogP) is 1.97. The van der Waals surface area contributed by atoms with Crippen molar-refractivity contribution in [3.63, 3.8) is 0 Å². The average molecular weight is 248 g/mol. The van der Waals surface area contributed by atoms with E-state index in [-0.39, 0.29) is 0 Å². The molecule has 0 saturated heterocycles. The summed E-state index contributed by atoms with van der Waals surface area (Å²) < 4.78 is 13.9. The van der Waals surface area contributed by atoms with E-state index in [2.05, 4.69) is 15.9 Å². The van der Waals surface area contributed by atoms with Crippen LogP contribution in [0.5, 0.6) is 0 Å². The van der Waals surface area contributed by atoms with Gasteiger partial charge < -0.3 is 10.8 Å². The van der Waals surface area contributed by atoms with Gasteiger partial charge in [0.25, 0.3) is 0 Å². The number of benzene rings is 1. The Morgan fingerprint density at radius 1 is 1.54 bits per heavy atom. The highest BCUT2D eigenvalue weighted by Crippen LogP contribution is 2.22. The molecule has 0 radical (unpaired) electrons. The smallest absolute Gasteiger partial charge is 0.128 e. The van der Waals surface area contributed by atoms with E-state index in [0.29, 0.717) is 5.56 Å². The molecule has 2 atom stereocenters. The highest BCUT2D eigenvalue weighted by Gasteiger charge is 2.16. The minimum atomic E-state index is -0.760. The van der Waals surface area contributed by atoms with Gasteiger partial charge in [0, 0.05) is 10.0 Å². The van der Waals surface area contributed by atoms with E-state index in [0.717, 1.165) is 4.47 Å². The molecular weight excluding hydrogens is 237 g/mol. The Bertz CT molecular complexity index is 304. The van der Waals surface area contributed by atoms with Crippen molar-refractivity contribution in [3.8, 4) is 0 Å². The van der Waals surface area contributed by atoms with Crippen molar-refractivity contribution >= 4 is 15.9 Å². The van der Waals surface area contributed by atoms with Gasteiger partial charge in [0.1, 0.15) is 5.82 Å². The van der Waals surface area contributed by atoms with Crippen molar-refractivity contribution < 1.29 is 9.50 Å². The van der Waals surface area contributed by atoms with E-state index >= 15 is 0 Å². The van der Waals surface area contributed by atoms with Gasteiger partial charge in [-0.25, -0.2) is 4.39 Å². The number of aliphatic hydroxyl groups excluding tert-OH is 1. The molecule has 0 aromatic heterocycles. The lowest BCUT2D eigenvalue weighted by Gasteiger charge is -2.15. The fourth-order valence-corrected chi connectivity index (χ4v) is 1.41. The second kappa shape index (κ2) is 4.17. The normalized spacial score (nSPS) is 15.5. The lowest BCUT2D eigenvalue weighted by Crippen LogP contribution is -2.24. The molecule has 0 spiro atoms. The van der Waals surface area contributed by atoms with Crippen LogP contribution in [0, 0.1) is 5.82 Å². The molecular formula is C9H11BrFNO. The SMILES string of the molecule is C[C@@H](O)[C@@H](N)c1cc(Br)ccc1F. The van der Waals surface area contributed by atoms with Crippen molar-refractivity contribution in [1.82, 2.24) is 0 Å². The van der Waals surface area contributed by atoms with Crippen LogP contribution < -0.4 is 5.73 Å². The first kappa shape index (κ1) is 10.6. The van der Waals surface area contributed by atoms with Crippen LogP contribution >= 0.6 is 15.9 Å². The Balaban J connectivity index is 3.05. The van der Waals surface area contributed by atoms with Crippen LogP contribution in [0.15, 0.2) is 22.7 Å². The largest absolute Gasteiger partial charge is 0.391 e. The highest BCUT2D eigenvalue weighted by atomic mass is 79.9. The minimum absolute atomic E-state index is 0.323. The third-order valence-electron chi connectivity index (χ3n) is 1.84. The second-order valence-electron chi connectivity index (χ2n) is 2.93. The Labute approximate surface area is 84.7 Å². The van der Waals surface area contributed by atoms with E-state index in [9.17, 15) is 9.50 Å². The van der Waals surface area contributed by atoms with Gasteiger partial charge in [0.15, 0.2) is 0 Å². The van der Waals surface area contributed by atoms with E-state index in [1.807, 2.05) is 0 Å². The topological polar surface area (TPSA) is 46.2 Å². The molecule has 0 saturated carbocycles. The first-order valence-corrected chi connectivity index (χ1v) is 4.70. The number of hydrogen-bond acceptors (Lipinski definition) is 2. The van der Waals surface area contributed by atoms with Gasteiger partial charge in [0.05, 0.1) is 12.1 Å². The number of hydrogen-bond donors (Lipinski definition) is 2. The summed E-state index contributed by atoms with van der Waals surface area (Å²) in [5, 5.41) is 9.18. The van der Waals surface area contributed by atoms with Gasteiger partial charge in [0.2, 0.25) is 0 Å². The minimum Gasteiger partial charge on any atom is -0.391 e.